The number of hydrogen-bond donors (Lipinski definition) is 1. The zero-order valence-electron chi connectivity index (χ0n) is 12.4. The van der Waals surface area contributed by atoms with Crippen LogP contribution in [-0.4, -0.2) is 22.4 Å². The van der Waals surface area contributed by atoms with E-state index in [1.54, 1.807) is 18.2 Å². The number of rotatable bonds is 3. The highest BCUT2D eigenvalue weighted by Gasteiger charge is 2.19. The normalized spacial score (nSPS) is 10.8. The van der Waals surface area contributed by atoms with Crippen LogP contribution in [0.2, 0.25) is 10.0 Å². The third-order valence-electron chi connectivity index (χ3n) is 3.35. The average Bonchev–Trinajstić information content (AvgIpc) is 2.89. The van der Waals surface area contributed by atoms with Gasteiger partial charge in [0.25, 0.3) is 5.91 Å². The number of pyridine rings is 1. The first kappa shape index (κ1) is 15.6. The molecule has 0 aliphatic carbocycles. The Morgan fingerprint density at radius 1 is 1.30 bits per heavy atom. The Hall–Kier alpha value is -2.24. The summed E-state index contributed by atoms with van der Waals surface area (Å²) in [6.07, 6.45) is 3.73. The van der Waals surface area contributed by atoms with E-state index in [2.05, 4.69) is 10.3 Å². The molecule has 0 radical (unpaired) electrons. The second-order valence-electron chi connectivity index (χ2n) is 4.93. The number of fused-ring (bicyclic) bond motifs is 1. The minimum Gasteiger partial charge on any atom is -0.495 e. The molecule has 7 heteroatoms. The number of anilines is 1. The van der Waals surface area contributed by atoms with Gasteiger partial charge in [-0.05, 0) is 31.2 Å². The first-order valence-corrected chi connectivity index (χ1v) is 7.54. The molecule has 1 amide bonds. The predicted octanol–water partition coefficient (Wildman–Crippen LogP) is 4.21. The van der Waals surface area contributed by atoms with Gasteiger partial charge >= 0.3 is 0 Å². The third kappa shape index (κ3) is 2.85. The van der Waals surface area contributed by atoms with Crippen molar-refractivity contribution in [2.45, 2.75) is 6.92 Å². The maximum absolute atomic E-state index is 12.6. The van der Waals surface area contributed by atoms with Crippen molar-refractivity contribution in [2.75, 3.05) is 12.4 Å². The second-order valence-corrected chi connectivity index (χ2v) is 5.71. The summed E-state index contributed by atoms with van der Waals surface area (Å²) in [5.74, 6) is -0.0382. The Kier molecular flexibility index (Phi) is 4.15. The Morgan fingerprint density at radius 3 is 2.83 bits per heavy atom. The SMILES string of the molecule is COc1ccc(Cl)c(C(=O)Nc2cccn3cc(C)nc23)c1Cl. The van der Waals surface area contributed by atoms with Crippen LogP contribution < -0.4 is 10.1 Å². The smallest absolute Gasteiger partial charge is 0.258 e. The number of carbonyl (C=O) groups excluding carboxylic acids is 1. The Bertz CT molecular complexity index is 906. The molecule has 0 unspecified atom stereocenters. The van der Waals surface area contributed by atoms with Crippen LogP contribution in [0.25, 0.3) is 5.65 Å². The van der Waals surface area contributed by atoms with Crippen molar-refractivity contribution >= 4 is 40.4 Å². The van der Waals surface area contributed by atoms with E-state index in [1.165, 1.54) is 7.11 Å². The molecule has 0 saturated carbocycles. The number of carbonyl (C=O) groups is 1. The topological polar surface area (TPSA) is 55.6 Å². The molecule has 2 heterocycles. The van der Waals surface area contributed by atoms with E-state index in [0.717, 1.165) is 5.69 Å². The van der Waals surface area contributed by atoms with E-state index in [-0.39, 0.29) is 15.6 Å². The van der Waals surface area contributed by atoms with Crippen LogP contribution in [0.1, 0.15) is 16.1 Å². The largest absolute Gasteiger partial charge is 0.495 e. The van der Waals surface area contributed by atoms with Crippen LogP contribution in [0, 0.1) is 6.92 Å². The van der Waals surface area contributed by atoms with Crippen LogP contribution in [0.15, 0.2) is 36.7 Å². The Labute approximate surface area is 142 Å². The standard InChI is InChI=1S/C16H13Cl2N3O2/c1-9-8-21-7-3-4-11(15(21)19-9)20-16(22)13-10(17)5-6-12(23-2)14(13)18/h3-8H,1-2H3,(H,20,22). The zero-order valence-corrected chi connectivity index (χ0v) is 13.9. The summed E-state index contributed by atoms with van der Waals surface area (Å²) in [5, 5.41) is 3.22. The number of aromatic nitrogens is 2. The highest BCUT2D eigenvalue weighted by molar-refractivity contribution is 6.41. The predicted molar refractivity (Wildman–Crippen MR) is 90.9 cm³/mol. The number of methoxy groups -OCH3 is 1. The number of hydrogen-bond acceptors (Lipinski definition) is 3. The zero-order chi connectivity index (χ0) is 16.6. The number of imidazole rings is 1. The number of aryl methyl sites for hydroxylation is 1. The molecule has 5 nitrogen and oxygen atoms in total. The van der Waals surface area contributed by atoms with E-state index >= 15 is 0 Å². The summed E-state index contributed by atoms with van der Waals surface area (Å²) in [4.78, 5) is 17.0. The van der Waals surface area contributed by atoms with E-state index in [1.807, 2.05) is 29.8 Å². The maximum atomic E-state index is 12.6. The lowest BCUT2D eigenvalue weighted by Crippen LogP contribution is -2.14. The van der Waals surface area contributed by atoms with Gasteiger partial charge in [-0.1, -0.05) is 23.2 Å². The number of nitrogens with one attached hydrogen (secondary N) is 1. The first-order chi connectivity index (χ1) is 11.0. The fraction of sp³-hybridized carbons (Fsp3) is 0.125. The van der Waals surface area contributed by atoms with Gasteiger partial charge in [0.1, 0.15) is 5.75 Å². The lowest BCUT2D eigenvalue weighted by molar-refractivity contribution is 0.102. The molecular weight excluding hydrogens is 337 g/mol. The fourth-order valence-electron chi connectivity index (χ4n) is 2.32. The van der Waals surface area contributed by atoms with Gasteiger partial charge in [-0.15, -0.1) is 0 Å². The van der Waals surface area contributed by atoms with Crippen LogP contribution >= 0.6 is 23.2 Å². The molecular formula is C16H13Cl2N3O2. The minimum atomic E-state index is -0.423. The summed E-state index contributed by atoms with van der Waals surface area (Å²) in [5.41, 5.74) is 2.23. The van der Waals surface area contributed by atoms with Crippen LogP contribution in [0.5, 0.6) is 5.75 Å². The van der Waals surface area contributed by atoms with Crippen LogP contribution in [-0.2, 0) is 0 Å². The maximum Gasteiger partial charge on any atom is 0.258 e. The summed E-state index contributed by atoms with van der Waals surface area (Å²) in [6, 6.07) is 6.77. The summed E-state index contributed by atoms with van der Waals surface area (Å²) in [7, 11) is 1.48. The molecule has 3 aromatic rings. The molecule has 3 rings (SSSR count). The number of ether oxygens (including phenoxy) is 1. The van der Waals surface area contributed by atoms with Crippen molar-refractivity contribution in [1.82, 2.24) is 9.38 Å². The molecule has 118 valence electrons. The number of amides is 1. The monoisotopic (exact) mass is 349 g/mol. The van der Waals surface area contributed by atoms with E-state index < -0.39 is 5.91 Å². The van der Waals surface area contributed by atoms with Crippen molar-refractivity contribution < 1.29 is 9.53 Å². The molecule has 0 aliphatic rings. The second kappa shape index (κ2) is 6.10. The van der Waals surface area contributed by atoms with Crippen molar-refractivity contribution in [3.8, 4) is 5.75 Å². The molecule has 23 heavy (non-hydrogen) atoms. The molecule has 2 aromatic heterocycles. The molecule has 0 aliphatic heterocycles. The fourth-order valence-corrected chi connectivity index (χ4v) is 2.94. The Morgan fingerprint density at radius 2 is 2.09 bits per heavy atom. The van der Waals surface area contributed by atoms with E-state index in [4.69, 9.17) is 27.9 Å². The van der Waals surface area contributed by atoms with Gasteiger partial charge in [0, 0.05) is 12.4 Å². The van der Waals surface area contributed by atoms with E-state index in [9.17, 15) is 4.79 Å². The summed E-state index contributed by atoms with van der Waals surface area (Å²) in [6.45, 7) is 1.88. The van der Waals surface area contributed by atoms with Gasteiger partial charge in [-0.3, -0.25) is 4.79 Å². The molecule has 0 bridgehead atoms. The average molecular weight is 350 g/mol. The van der Waals surface area contributed by atoms with Crippen molar-refractivity contribution in [3.63, 3.8) is 0 Å². The Balaban J connectivity index is 2.02. The van der Waals surface area contributed by atoms with E-state index in [0.29, 0.717) is 17.1 Å². The van der Waals surface area contributed by atoms with Crippen molar-refractivity contribution in [2.24, 2.45) is 0 Å². The van der Waals surface area contributed by atoms with Gasteiger partial charge < -0.3 is 14.5 Å². The number of nitrogens with zero attached hydrogens (tertiary/aromatic N) is 2. The lowest BCUT2D eigenvalue weighted by atomic mass is 10.2. The molecule has 1 aromatic carbocycles. The highest BCUT2D eigenvalue weighted by Crippen LogP contribution is 2.34. The summed E-state index contributed by atoms with van der Waals surface area (Å²) < 4.78 is 6.96. The molecule has 0 spiro atoms. The minimum absolute atomic E-state index is 0.165. The van der Waals surface area contributed by atoms with Crippen LogP contribution in [0.3, 0.4) is 0 Å². The van der Waals surface area contributed by atoms with Gasteiger partial charge in [0.15, 0.2) is 5.65 Å². The number of benzene rings is 1. The van der Waals surface area contributed by atoms with Crippen molar-refractivity contribution in [3.05, 3.63) is 58.0 Å². The van der Waals surface area contributed by atoms with Gasteiger partial charge in [-0.25, -0.2) is 4.98 Å². The summed E-state index contributed by atoms with van der Waals surface area (Å²) >= 11 is 12.3. The lowest BCUT2D eigenvalue weighted by Gasteiger charge is -2.11. The van der Waals surface area contributed by atoms with Gasteiger partial charge in [0.05, 0.1) is 34.1 Å². The molecule has 0 fully saturated rings. The third-order valence-corrected chi connectivity index (χ3v) is 4.04. The first-order valence-electron chi connectivity index (χ1n) is 6.79. The highest BCUT2D eigenvalue weighted by atomic mass is 35.5. The molecule has 0 saturated heterocycles. The molecule has 1 N–H and O–H groups in total. The number of halogens is 2. The van der Waals surface area contributed by atoms with Crippen LogP contribution in [0.4, 0.5) is 5.69 Å². The quantitative estimate of drug-likeness (QED) is 0.770. The van der Waals surface area contributed by atoms with Gasteiger partial charge in [0.2, 0.25) is 0 Å². The van der Waals surface area contributed by atoms with Crippen molar-refractivity contribution in [1.29, 1.82) is 0 Å². The van der Waals surface area contributed by atoms with Gasteiger partial charge in [-0.2, -0.15) is 0 Å². The molecule has 0 atom stereocenters.